The zero-order valence-electron chi connectivity index (χ0n) is 15.4. The van der Waals surface area contributed by atoms with Gasteiger partial charge in [-0.1, -0.05) is 6.07 Å². The van der Waals surface area contributed by atoms with Gasteiger partial charge in [0.15, 0.2) is 5.60 Å². The van der Waals surface area contributed by atoms with Gasteiger partial charge in [-0.05, 0) is 36.4 Å². The van der Waals surface area contributed by atoms with Crippen molar-refractivity contribution in [3.63, 3.8) is 0 Å². The van der Waals surface area contributed by atoms with E-state index < -0.39 is 31.6 Å². The van der Waals surface area contributed by atoms with E-state index in [9.17, 15) is 28.2 Å². The topological polar surface area (TPSA) is 147 Å². The van der Waals surface area contributed by atoms with Gasteiger partial charge < -0.3 is 24.8 Å². The maximum atomic E-state index is 12.8. The largest absolute Gasteiger partial charge is 0.508 e. The Hall–Kier alpha value is -4.05. The third-order valence-corrected chi connectivity index (χ3v) is 6.62. The molecule has 0 saturated heterocycles. The second kappa shape index (κ2) is 5.99. The number of phenolic OH excluding ortho intramolecular Hbond substituents is 2. The highest BCUT2D eigenvalue weighted by Crippen LogP contribution is 2.57. The average molecular weight is 440 g/mol. The molecule has 0 bridgehead atoms. The second-order valence-electron chi connectivity index (χ2n) is 7.01. The summed E-state index contributed by atoms with van der Waals surface area (Å²) in [4.78, 5) is 23.4. The quantitative estimate of drug-likeness (QED) is 0.485. The molecule has 10 heteroatoms. The van der Waals surface area contributed by atoms with Crippen LogP contribution in [-0.2, 0) is 20.2 Å². The van der Waals surface area contributed by atoms with Gasteiger partial charge in [0.1, 0.15) is 23.0 Å². The normalized spacial score (nSPS) is 15.4. The molecule has 3 aromatic carbocycles. The number of benzene rings is 3. The van der Waals surface area contributed by atoms with Gasteiger partial charge in [0.05, 0.1) is 10.5 Å². The minimum absolute atomic E-state index is 0.107. The predicted molar refractivity (Wildman–Crippen MR) is 103 cm³/mol. The summed E-state index contributed by atoms with van der Waals surface area (Å²) < 4.78 is 35.7. The molecule has 156 valence electrons. The monoisotopic (exact) mass is 440 g/mol. The maximum absolute atomic E-state index is 12.8. The summed E-state index contributed by atoms with van der Waals surface area (Å²) in [6.07, 6.45) is 0. The van der Waals surface area contributed by atoms with Gasteiger partial charge in [0, 0.05) is 28.8 Å². The van der Waals surface area contributed by atoms with E-state index in [0.29, 0.717) is 11.1 Å². The lowest BCUT2D eigenvalue weighted by Crippen LogP contribution is -2.32. The number of aromatic hydroxyl groups is 2. The number of esters is 1. The minimum atomic E-state index is -4.68. The highest BCUT2D eigenvalue weighted by atomic mass is 32.2. The third-order valence-electron chi connectivity index (χ3n) is 5.29. The van der Waals surface area contributed by atoms with Crippen molar-refractivity contribution >= 4 is 21.1 Å². The number of fused-ring (bicyclic) bond motifs is 6. The van der Waals surface area contributed by atoms with Gasteiger partial charge in [-0.3, -0.25) is 0 Å². The number of sulfone groups is 1. The zero-order valence-corrected chi connectivity index (χ0v) is 16.2. The SMILES string of the molecule is O=C1OC2(c3ccc(O)cc3Oc3cc(O)ccc32)c2ccc(S(=O)(=O)C(=O)O)cc21. The van der Waals surface area contributed by atoms with Crippen molar-refractivity contribution in [3.05, 3.63) is 76.9 Å². The third kappa shape index (κ3) is 2.45. The summed E-state index contributed by atoms with van der Waals surface area (Å²) in [5, 5.41) is 26.7. The molecule has 0 fully saturated rings. The Morgan fingerprint density at radius 3 is 1.94 bits per heavy atom. The molecule has 2 aliphatic rings. The molecule has 0 aromatic heterocycles. The van der Waals surface area contributed by atoms with Crippen molar-refractivity contribution in [1.82, 2.24) is 0 Å². The van der Waals surface area contributed by atoms with Gasteiger partial charge in [-0.15, -0.1) is 0 Å². The molecule has 0 unspecified atom stereocenters. The van der Waals surface area contributed by atoms with Gasteiger partial charge in [0.25, 0.3) is 9.84 Å². The van der Waals surface area contributed by atoms with E-state index in [-0.39, 0.29) is 34.1 Å². The number of rotatable bonds is 1. The van der Waals surface area contributed by atoms with Crippen LogP contribution in [0.25, 0.3) is 0 Å². The van der Waals surface area contributed by atoms with Crippen LogP contribution >= 0.6 is 0 Å². The van der Waals surface area contributed by atoms with E-state index >= 15 is 0 Å². The number of hydrogen-bond donors (Lipinski definition) is 3. The first-order chi connectivity index (χ1) is 14.6. The average Bonchev–Trinajstić information content (AvgIpc) is 3.00. The van der Waals surface area contributed by atoms with Crippen LogP contribution in [0.5, 0.6) is 23.0 Å². The van der Waals surface area contributed by atoms with Crippen molar-refractivity contribution < 1.29 is 42.8 Å². The molecule has 9 nitrogen and oxygen atoms in total. The van der Waals surface area contributed by atoms with Crippen molar-refractivity contribution in [2.45, 2.75) is 10.5 Å². The molecule has 31 heavy (non-hydrogen) atoms. The van der Waals surface area contributed by atoms with Crippen LogP contribution in [-0.4, -0.2) is 35.0 Å². The Bertz CT molecular complexity index is 1370. The first-order valence-electron chi connectivity index (χ1n) is 8.85. The number of hydrogen-bond acceptors (Lipinski definition) is 8. The van der Waals surface area contributed by atoms with Crippen LogP contribution in [0.15, 0.2) is 59.5 Å². The predicted octanol–water partition coefficient (Wildman–Crippen LogP) is 3.12. The van der Waals surface area contributed by atoms with E-state index in [1.807, 2.05) is 0 Å². The molecule has 3 aromatic rings. The van der Waals surface area contributed by atoms with Crippen molar-refractivity contribution in [2.75, 3.05) is 0 Å². The van der Waals surface area contributed by atoms with Crippen LogP contribution in [0.4, 0.5) is 4.79 Å². The van der Waals surface area contributed by atoms with Crippen LogP contribution in [0.3, 0.4) is 0 Å². The fraction of sp³-hybridized carbons (Fsp3) is 0.0476. The number of ether oxygens (including phenoxy) is 2. The molecule has 0 amide bonds. The Kier molecular flexibility index (Phi) is 3.66. The van der Waals surface area contributed by atoms with Gasteiger partial charge in [0.2, 0.25) is 0 Å². The van der Waals surface area contributed by atoms with E-state index in [4.69, 9.17) is 14.6 Å². The molecule has 0 atom stereocenters. The molecule has 3 N–H and O–H groups in total. The number of phenols is 2. The fourth-order valence-electron chi connectivity index (χ4n) is 3.95. The standard InChI is InChI=1S/C21H12O9S/c22-10-1-4-15-17(7-10)29-18-8-11(23)2-5-16(18)21(15)14-6-3-12(31(27,28)20(25)26)9-13(14)19(24)30-21/h1-9,22-23H,(H,25,26). The number of carbonyl (C=O) groups is 2. The molecule has 2 heterocycles. The zero-order chi connectivity index (χ0) is 22.1. The summed E-state index contributed by atoms with van der Waals surface area (Å²) in [6, 6.07) is 11.8. The first-order valence-corrected chi connectivity index (χ1v) is 10.3. The summed E-state index contributed by atoms with van der Waals surface area (Å²) in [5.41, 5.74) is -0.678. The summed E-state index contributed by atoms with van der Waals surface area (Å²) in [6.45, 7) is 0. The van der Waals surface area contributed by atoms with Gasteiger partial charge >= 0.3 is 11.3 Å². The van der Waals surface area contributed by atoms with E-state index in [0.717, 1.165) is 12.1 Å². The Morgan fingerprint density at radius 1 is 0.839 bits per heavy atom. The van der Waals surface area contributed by atoms with Gasteiger partial charge in [-0.25, -0.2) is 18.0 Å². The second-order valence-corrected chi connectivity index (χ2v) is 8.84. The lowest BCUT2D eigenvalue weighted by molar-refractivity contribution is 0.0224. The van der Waals surface area contributed by atoms with Crippen molar-refractivity contribution in [2.24, 2.45) is 0 Å². The molecular weight excluding hydrogens is 428 g/mol. The first kappa shape index (κ1) is 18.9. The minimum Gasteiger partial charge on any atom is -0.508 e. The smallest absolute Gasteiger partial charge is 0.427 e. The van der Waals surface area contributed by atoms with Crippen LogP contribution < -0.4 is 4.74 Å². The number of carbonyl (C=O) groups excluding carboxylic acids is 1. The van der Waals surface area contributed by atoms with Crippen molar-refractivity contribution in [1.29, 1.82) is 0 Å². The Labute approximate surface area is 174 Å². The molecule has 5 rings (SSSR count). The molecule has 1 spiro atoms. The van der Waals surface area contributed by atoms with Crippen LogP contribution in [0, 0.1) is 0 Å². The lowest BCUT2D eigenvalue weighted by Gasteiger charge is -2.36. The molecule has 0 radical (unpaired) electrons. The Morgan fingerprint density at radius 2 is 1.39 bits per heavy atom. The lowest BCUT2D eigenvalue weighted by atomic mass is 9.77. The van der Waals surface area contributed by atoms with Crippen LogP contribution in [0.1, 0.15) is 27.0 Å². The van der Waals surface area contributed by atoms with E-state index in [1.54, 1.807) is 0 Å². The highest BCUT2D eigenvalue weighted by Gasteiger charge is 2.54. The Balaban J connectivity index is 1.83. The molecule has 2 aliphatic heterocycles. The molecular formula is C21H12O9S. The molecule has 0 aliphatic carbocycles. The fourth-order valence-corrected chi connectivity index (χ4v) is 4.67. The van der Waals surface area contributed by atoms with Gasteiger partial charge in [-0.2, -0.15) is 0 Å². The van der Waals surface area contributed by atoms with E-state index in [2.05, 4.69) is 0 Å². The van der Waals surface area contributed by atoms with Crippen LogP contribution in [0.2, 0.25) is 0 Å². The van der Waals surface area contributed by atoms with E-state index in [1.165, 1.54) is 42.5 Å². The maximum Gasteiger partial charge on any atom is 0.427 e. The summed E-state index contributed by atoms with van der Waals surface area (Å²) in [7, 11) is -4.68. The number of carboxylic acid groups (broad SMARTS) is 1. The van der Waals surface area contributed by atoms with Crippen molar-refractivity contribution in [3.8, 4) is 23.0 Å². The molecule has 0 saturated carbocycles. The highest BCUT2D eigenvalue weighted by molar-refractivity contribution is 8.05. The summed E-state index contributed by atoms with van der Waals surface area (Å²) in [5.74, 6) is -0.741. The summed E-state index contributed by atoms with van der Waals surface area (Å²) >= 11 is 0.